The van der Waals surface area contributed by atoms with E-state index in [-0.39, 0.29) is 12.6 Å². The molecule has 0 aromatic heterocycles. The molecule has 0 aromatic rings. The number of hydrogen-bond acceptors (Lipinski definition) is 4. The number of ether oxygens (including phenoxy) is 1. The molecule has 16 heavy (non-hydrogen) atoms. The number of nitrogens with two attached hydrogens (primary N) is 1. The molecule has 1 aliphatic carbocycles. The lowest BCUT2D eigenvalue weighted by Crippen LogP contribution is -2.48. The van der Waals surface area contributed by atoms with Crippen LogP contribution in [0.3, 0.4) is 0 Å². The molecular weight excluding hydrogens is 226 g/mol. The van der Waals surface area contributed by atoms with Crippen LogP contribution in [0.5, 0.6) is 0 Å². The zero-order chi connectivity index (χ0) is 11.6. The first-order valence-corrected chi connectivity index (χ1v) is 7.86. The summed E-state index contributed by atoms with van der Waals surface area (Å²) in [5, 5.41) is -0.471. The van der Waals surface area contributed by atoms with Gasteiger partial charge in [0.2, 0.25) is 0 Å². The van der Waals surface area contributed by atoms with Gasteiger partial charge in [0.25, 0.3) is 0 Å². The van der Waals surface area contributed by atoms with E-state index in [1.165, 1.54) is 12.8 Å². The van der Waals surface area contributed by atoms with Gasteiger partial charge in [-0.05, 0) is 25.2 Å². The molecule has 5 heteroatoms. The molecule has 94 valence electrons. The van der Waals surface area contributed by atoms with Crippen LogP contribution in [0.25, 0.3) is 0 Å². The molecule has 2 unspecified atom stereocenters. The summed E-state index contributed by atoms with van der Waals surface area (Å²) < 4.78 is 29.6. The summed E-state index contributed by atoms with van der Waals surface area (Å²) in [5.41, 5.74) is 5.88. The van der Waals surface area contributed by atoms with E-state index in [0.717, 1.165) is 12.8 Å². The van der Waals surface area contributed by atoms with Gasteiger partial charge < -0.3 is 10.5 Å². The maximum atomic E-state index is 12.2. The van der Waals surface area contributed by atoms with Crippen LogP contribution in [0.1, 0.15) is 32.1 Å². The maximum Gasteiger partial charge on any atom is 0.157 e. The van der Waals surface area contributed by atoms with Gasteiger partial charge in [-0.2, -0.15) is 0 Å². The van der Waals surface area contributed by atoms with Gasteiger partial charge in [-0.3, -0.25) is 0 Å². The highest BCUT2D eigenvalue weighted by Crippen LogP contribution is 2.28. The first-order chi connectivity index (χ1) is 7.59. The van der Waals surface area contributed by atoms with Gasteiger partial charge in [0, 0.05) is 12.6 Å². The molecule has 4 nitrogen and oxygen atoms in total. The molecule has 0 bridgehead atoms. The fourth-order valence-electron chi connectivity index (χ4n) is 2.73. The smallest absolute Gasteiger partial charge is 0.157 e. The van der Waals surface area contributed by atoms with Crippen LogP contribution in [0.2, 0.25) is 0 Å². The van der Waals surface area contributed by atoms with E-state index in [0.29, 0.717) is 24.7 Å². The van der Waals surface area contributed by atoms with E-state index in [4.69, 9.17) is 10.5 Å². The Morgan fingerprint density at radius 3 is 2.50 bits per heavy atom. The molecule has 0 aromatic carbocycles. The Hall–Kier alpha value is -0.130. The van der Waals surface area contributed by atoms with Gasteiger partial charge in [-0.1, -0.05) is 12.8 Å². The lowest BCUT2D eigenvalue weighted by Gasteiger charge is -2.29. The van der Waals surface area contributed by atoms with Crippen LogP contribution < -0.4 is 5.73 Å². The highest BCUT2D eigenvalue weighted by molar-refractivity contribution is 7.92. The van der Waals surface area contributed by atoms with Crippen LogP contribution in [0.15, 0.2) is 0 Å². The fourth-order valence-corrected chi connectivity index (χ4v) is 4.94. The van der Waals surface area contributed by atoms with Crippen molar-refractivity contribution < 1.29 is 13.2 Å². The quantitative estimate of drug-likeness (QED) is 0.797. The van der Waals surface area contributed by atoms with E-state index in [1.54, 1.807) is 0 Å². The normalized spacial score (nSPS) is 33.1. The third-order valence-corrected chi connectivity index (χ3v) is 6.10. The van der Waals surface area contributed by atoms with Crippen molar-refractivity contribution in [2.24, 2.45) is 11.7 Å². The number of hydrogen-bond donors (Lipinski definition) is 1. The zero-order valence-corrected chi connectivity index (χ0v) is 10.4. The van der Waals surface area contributed by atoms with Crippen LogP contribution in [-0.4, -0.2) is 38.7 Å². The van der Waals surface area contributed by atoms with E-state index in [2.05, 4.69) is 0 Å². The molecule has 0 amide bonds. The van der Waals surface area contributed by atoms with Gasteiger partial charge in [-0.15, -0.1) is 0 Å². The van der Waals surface area contributed by atoms with Gasteiger partial charge in [0.1, 0.15) is 0 Å². The average Bonchev–Trinajstić information content (AvgIpc) is 2.70. The Balaban J connectivity index is 1.99. The first kappa shape index (κ1) is 12.3. The van der Waals surface area contributed by atoms with Crippen molar-refractivity contribution in [2.45, 2.75) is 43.4 Å². The Labute approximate surface area is 97.5 Å². The number of rotatable bonds is 3. The third-order valence-electron chi connectivity index (χ3n) is 3.76. The molecule has 2 rings (SSSR count). The highest BCUT2D eigenvalue weighted by Gasteiger charge is 2.36. The minimum Gasteiger partial charge on any atom is -0.380 e. The molecular formula is C11H21NO3S. The molecule has 1 saturated carbocycles. The maximum absolute atomic E-state index is 12.2. The SMILES string of the molecule is NC1CCOCC1S(=O)(=O)CC1CCCC1. The molecule has 2 aliphatic rings. The predicted octanol–water partition coefficient (Wildman–Crippen LogP) is 0.708. The van der Waals surface area contributed by atoms with E-state index in [9.17, 15) is 8.42 Å². The first-order valence-electron chi connectivity index (χ1n) is 6.14. The Morgan fingerprint density at radius 1 is 1.19 bits per heavy atom. The standard InChI is InChI=1S/C11H21NO3S/c12-10-5-6-15-7-11(10)16(13,14)8-9-3-1-2-4-9/h9-11H,1-8,12H2. The van der Waals surface area contributed by atoms with Crippen molar-refractivity contribution in [3.8, 4) is 0 Å². The second kappa shape index (κ2) is 5.02. The van der Waals surface area contributed by atoms with Crippen molar-refractivity contribution in [1.29, 1.82) is 0 Å². The predicted molar refractivity (Wildman–Crippen MR) is 62.9 cm³/mol. The lowest BCUT2D eigenvalue weighted by molar-refractivity contribution is 0.0890. The summed E-state index contributed by atoms with van der Waals surface area (Å²) in [4.78, 5) is 0. The van der Waals surface area contributed by atoms with Gasteiger partial charge in [0.15, 0.2) is 9.84 Å². The molecule has 2 N–H and O–H groups in total. The van der Waals surface area contributed by atoms with Crippen LogP contribution in [0.4, 0.5) is 0 Å². The van der Waals surface area contributed by atoms with Crippen LogP contribution >= 0.6 is 0 Å². The molecule has 1 aliphatic heterocycles. The second-order valence-corrected chi connectivity index (χ2v) is 7.31. The molecule has 0 radical (unpaired) electrons. The summed E-state index contributed by atoms with van der Waals surface area (Å²) in [5.74, 6) is 0.675. The topological polar surface area (TPSA) is 69.4 Å². The molecule has 1 saturated heterocycles. The Morgan fingerprint density at radius 2 is 1.88 bits per heavy atom. The Kier molecular flexibility index (Phi) is 3.87. The summed E-state index contributed by atoms with van der Waals surface area (Å²) in [6, 6.07) is -0.236. The van der Waals surface area contributed by atoms with E-state index < -0.39 is 15.1 Å². The molecule has 0 spiro atoms. The minimum atomic E-state index is -3.07. The fraction of sp³-hybridized carbons (Fsp3) is 1.00. The van der Waals surface area contributed by atoms with Gasteiger partial charge in [0.05, 0.1) is 17.6 Å². The summed E-state index contributed by atoms with van der Waals surface area (Å²) in [6.07, 6.45) is 5.12. The molecule has 2 fully saturated rings. The summed E-state index contributed by atoms with van der Waals surface area (Å²) >= 11 is 0. The third kappa shape index (κ3) is 2.76. The van der Waals surface area contributed by atoms with Gasteiger partial charge in [-0.25, -0.2) is 8.42 Å². The zero-order valence-electron chi connectivity index (χ0n) is 9.60. The Bertz CT molecular complexity index is 322. The average molecular weight is 247 g/mol. The van der Waals surface area contributed by atoms with Crippen molar-refractivity contribution in [1.82, 2.24) is 0 Å². The largest absolute Gasteiger partial charge is 0.380 e. The summed E-state index contributed by atoms with van der Waals surface area (Å²) in [7, 11) is -3.07. The minimum absolute atomic E-state index is 0.236. The van der Waals surface area contributed by atoms with E-state index in [1.807, 2.05) is 0 Å². The van der Waals surface area contributed by atoms with Crippen molar-refractivity contribution in [2.75, 3.05) is 19.0 Å². The summed E-state index contributed by atoms with van der Waals surface area (Å²) in [6.45, 7) is 0.882. The van der Waals surface area contributed by atoms with Crippen LogP contribution in [0, 0.1) is 5.92 Å². The second-order valence-electron chi connectivity index (χ2n) is 5.05. The highest BCUT2D eigenvalue weighted by atomic mass is 32.2. The van der Waals surface area contributed by atoms with Crippen LogP contribution in [-0.2, 0) is 14.6 Å². The van der Waals surface area contributed by atoms with Crippen molar-refractivity contribution >= 4 is 9.84 Å². The lowest BCUT2D eigenvalue weighted by atomic mass is 10.1. The monoisotopic (exact) mass is 247 g/mol. The van der Waals surface area contributed by atoms with Gasteiger partial charge >= 0.3 is 0 Å². The van der Waals surface area contributed by atoms with Crippen molar-refractivity contribution in [3.05, 3.63) is 0 Å². The molecule has 2 atom stereocenters. The molecule has 1 heterocycles. The number of sulfone groups is 1. The van der Waals surface area contributed by atoms with Crippen molar-refractivity contribution in [3.63, 3.8) is 0 Å². The van der Waals surface area contributed by atoms with E-state index >= 15 is 0 Å².